The van der Waals surface area contributed by atoms with Crippen LogP contribution in [0.4, 0.5) is 0 Å². The number of amidine groups is 1. The van der Waals surface area contributed by atoms with Gasteiger partial charge >= 0.3 is 0 Å². The van der Waals surface area contributed by atoms with E-state index in [-0.39, 0.29) is 18.0 Å². The Morgan fingerprint density at radius 3 is 2.80 bits per heavy atom. The molecule has 134 valence electrons. The molecule has 2 heterocycles. The van der Waals surface area contributed by atoms with Gasteiger partial charge in [-0.2, -0.15) is 0 Å². The Bertz CT molecular complexity index is 716. The van der Waals surface area contributed by atoms with Crippen LogP contribution in [0.3, 0.4) is 0 Å². The molecule has 3 atom stereocenters. The van der Waals surface area contributed by atoms with Gasteiger partial charge in [0, 0.05) is 0 Å². The van der Waals surface area contributed by atoms with Crippen molar-refractivity contribution in [2.24, 2.45) is 27.4 Å². The maximum atomic E-state index is 12.5. The molecule has 0 saturated carbocycles. The Kier molecular flexibility index (Phi) is 4.65. The molecule has 25 heavy (non-hydrogen) atoms. The smallest absolute Gasteiger partial charge is 0.282 e. The first kappa shape index (κ1) is 17.3. The highest BCUT2D eigenvalue weighted by Gasteiger charge is 2.52. The molecule has 3 unspecified atom stereocenters. The van der Waals surface area contributed by atoms with E-state index in [2.05, 4.69) is 9.98 Å². The van der Waals surface area contributed by atoms with E-state index >= 15 is 0 Å². The molecule has 7 nitrogen and oxygen atoms in total. The number of nitrogens with two attached hydrogens (primary N) is 2. The fourth-order valence-electron chi connectivity index (χ4n) is 3.57. The molecule has 0 bridgehead atoms. The van der Waals surface area contributed by atoms with E-state index in [0.717, 1.165) is 24.0 Å². The first-order valence-electron chi connectivity index (χ1n) is 8.48. The second kappa shape index (κ2) is 6.74. The molecule has 3 rings (SSSR count). The van der Waals surface area contributed by atoms with Gasteiger partial charge in [-0.1, -0.05) is 38.1 Å². The standard InChI is InChI=1S/C18H24N4O3/c1-11(2)15-18(16(19)23,21-10-25-15)14-6-4-3-5-12(14)7-8-13-9-24-17(20)22-13/h3-6,10-11,13,15H,7-9H2,1-2H3,(H2,19,23)(H2,20,22). The summed E-state index contributed by atoms with van der Waals surface area (Å²) in [5.74, 6) is -0.422. The zero-order valence-electron chi connectivity index (χ0n) is 14.5. The average molecular weight is 344 g/mol. The van der Waals surface area contributed by atoms with Crippen molar-refractivity contribution in [3.63, 3.8) is 0 Å². The number of hydrogen-bond donors (Lipinski definition) is 2. The summed E-state index contributed by atoms with van der Waals surface area (Å²) in [5.41, 5.74) is 12.0. The average Bonchev–Trinajstić information content (AvgIpc) is 3.20. The third kappa shape index (κ3) is 3.06. The highest BCUT2D eigenvalue weighted by atomic mass is 16.5. The Balaban J connectivity index is 1.93. The third-order valence-electron chi connectivity index (χ3n) is 4.77. The molecule has 0 radical (unpaired) electrons. The molecule has 1 amide bonds. The highest BCUT2D eigenvalue weighted by molar-refractivity contribution is 5.90. The van der Waals surface area contributed by atoms with Gasteiger partial charge in [-0.25, -0.2) is 9.98 Å². The molecule has 2 aliphatic rings. The van der Waals surface area contributed by atoms with Gasteiger partial charge in [0.25, 0.3) is 11.9 Å². The van der Waals surface area contributed by atoms with E-state index in [1.54, 1.807) is 0 Å². The van der Waals surface area contributed by atoms with Crippen molar-refractivity contribution in [2.75, 3.05) is 6.61 Å². The molecule has 0 fully saturated rings. The minimum atomic E-state index is -1.20. The van der Waals surface area contributed by atoms with Crippen LogP contribution in [0.2, 0.25) is 0 Å². The third-order valence-corrected chi connectivity index (χ3v) is 4.77. The number of benzene rings is 1. The van der Waals surface area contributed by atoms with Crippen molar-refractivity contribution in [3.05, 3.63) is 35.4 Å². The summed E-state index contributed by atoms with van der Waals surface area (Å²) in [5, 5.41) is 0. The van der Waals surface area contributed by atoms with Crippen LogP contribution in [0.1, 0.15) is 31.4 Å². The maximum Gasteiger partial charge on any atom is 0.282 e. The lowest BCUT2D eigenvalue weighted by Crippen LogP contribution is -2.50. The van der Waals surface area contributed by atoms with Gasteiger partial charge in [0.1, 0.15) is 12.7 Å². The van der Waals surface area contributed by atoms with E-state index in [1.807, 2.05) is 38.1 Å². The molecule has 2 aliphatic heterocycles. The summed E-state index contributed by atoms with van der Waals surface area (Å²) in [7, 11) is 0. The predicted octanol–water partition coefficient (Wildman–Crippen LogP) is 1.10. The number of primary amides is 1. The normalized spacial score (nSPS) is 27.9. The van der Waals surface area contributed by atoms with Gasteiger partial charge < -0.3 is 20.9 Å². The van der Waals surface area contributed by atoms with Crippen molar-refractivity contribution < 1.29 is 14.3 Å². The molecule has 0 spiro atoms. The first-order chi connectivity index (χ1) is 11.9. The molecule has 7 heteroatoms. The summed E-state index contributed by atoms with van der Waals surface area (Å²) >= 11 is 0. The second-order valence-corrected chi connectivity index (χ2v) is 6.79. The van der Waals surface area contributed by atoms with E-state index in [9.17, 15) is 4.79 Å². The largest absolute Gasteiger partial charge is 0.477 e. The monoisotopic (exact) mass is 344 g/mol. The lowest BCUT2D eigenvalue weighted by atomic mass is 9.77. The fourth-order valence-corrected chi connectivity index (χ4v) is 3.57. The number of ether oxygens (including phenoxy) is 2. The molecular weight excluding hydrogens is 320 g/mol. The van der Waals surface area contributed by atoms with E-state index < -0.39 is 17.6 Å². The van der Waals surface area contributed by atoms with Crippen LogP contribution in [0.15, 0.2) is 34.3 Å². The summed E-state index contributed by atoms with van der Waals surface area (Å²) in [6.45, 7) is 4.48. The number of aliphatic imine (C=N–C) groups is 2. The summed E-state index contributed by atoms with van der Waals surface area (Å²) in [6, 6.07) is 8.00. The lowest BCUT2D eigenvalue weighted by molar-refractivity contribution is -0.126. The topological polar surface area (TPSA) is 112 Å². The first-order valence-corrected chi connectivity index (χ1v) is 8.48. The van der Waals surface area contributed by atoms with Crippen molar-refractivity contribution >= 4 is 18.3 Å². The number of carbonyl (C=O) groups is 1. The van der Waals surface area contributed by atoms with Crippen LogP contribution in [0.5, 0.6) is 0 Å². The molecule has 1 aromatic carbocycles. The Morgan fingerprint density at radius 1 is 1.40 bits per heavy atom. The van der Waals surface area contributed by atoms with Gasteiger partial charge in [0.05, 0.1) is 6.04 Å². The Hall–Kier alpha value is -2.57. The van der Waals surface area contributed by atoms with Crippen LogP contribution in [0, 0.1) is 5.92 Å². The van der Waals surface area contributed by atoms with E-state index in [4.69, 9.17) is 20.9 Å². The van der Waals surface area contributed by atoms with Crippen LogP contribution in [-0.4, -0.2) is 37.1 Å². The minimum absolute atomic E-state index is 0.0295. The van der Waals surface area contributed by atoms with Gasteiger partial charge in [0.2, 0.25) is 5.54 Å². The van der Waals surface area contributed by atoms with Crippen LogP contribution >= 0.6 is 0 Å². The van der Waals surface area contributed by atoms with Crippen molar-refractivity contribution in [3.8, 4) is 0 Å². The van der Waals surface area contributed by atoms with Crippen LogP contribution in [0.25, 0.3) is 0 Å². The fraction of sp³-hybridized carbons (Fsp3) is 0.500. The van der Waals surface area contributed by atoms with E-state index in [1.165, 1.54) is 6.40 Å². The molecule has 4 N–H and O–H groups in total. The van der Waals surface area contributed by atoms with Gasteiger partial charge in [0.15, 0.2) is 6.40 Å². The maximum absolute atomic E-state index is 12.5. The molecule has 0 saturated heterocycles. The number of rotatable bonds is 6. The number of hydrogen-bond acceptors (Lipinski definition) is 6. The SMILES string of the molecule is CC(C)C1OC=NC1(C(N)=O)c1ccccc1CCC1COC(N)=N1. The Labute approximate surface area is 147 Å². The summed E-state index contributed by atoms with van der Waals surface area (Å²) < 4.78 is 10.8. The predicted molar refractivity (Wildman–Crippen MR) is 95.2 cm³/mol. The Morgan fingerprint density at radius 2 is 2.16 bits per heavy atom. The van der Waals surface area contributed by atoms with Gasteiger partial charge in [-0.05, 0) is 29.9 Å². The molecule has 0 aliphatic carbocycles. The summed E-state index contributed by atoms with van der Waals surface area (Å²) in [6.07, 6.45) is 2.41. The van der Waals surface area contributed by atoms with Gasteiger partial charge in [-0.15, -0.1) is 0 Å². The lowest BCUT2D eigenvalue weighted by Gasteiger charge is -2.33. The van der Waals surface area contributed by atoms with Crippen LogP contribution < -0.4 is 11.5 Å². The van der Waals surface area contributed by atoms with Crippen LogP contribution in [-0.2, 0) is 26.2 Å². The zero-order chi connectivity index (χ0) is 18.0. The highest BCUT2D eigenvalue weighted by Crippen LogP contribution is 2.40. The number of nitrogens with zero attached hydrogens (tertiary/aromatic N) is 2. The number of carbonyl (C=O) groups excluding carboxylic acids is 1. The summed E-state index contributed by atoms with van der Waals surface area (Å²) in [4.78, 5) is 21.1. The number of aryl methyl sites for hydroxylation is 1. The molecule has 1 aromatic rings. The quantitative estimate of drug-likeness (QED) is 0.804. The van der Waals surface area contributed by atoms with Crippen molar-refractivity contribution in [2.45, 2.75) is 44.4 Å². The van der Waals surface area contributed by atoms with E-state index in [0.29, 0.717) is 6.61 Å². The number of amides is 1. The van der Waals surface area contributed by atoms with Gasteiger partial charge in [-0.3, -0.25) is 4.79 Å². The molecular formula is C18H24N4O3. The minimum Gasteiger partial charge on any atom is -0.477 e. The van der Waals surface area contributed by atoms with Crippen molar-refractivity contribution in [1.82, 2.24) is 0 Å². The van der Waals surface area contributed by atoms with Crippen molar-refractivity contribution in [1.29, 1.82) is 0 Å². The zero-order valence-corrected chi connectivity index (χ0v) is 14.5. The second-order valence-electron chi connectivity index (χ2n) is 6.79. The molecule has 0 aromatic heterocycles.